The lowest BCUT2D eigenvalue weighted by Gasteiger charge is -2.03. The van der Waals surface area contributed by atoms with Crippen LogP contribution in [0.1, 0.15) is 16.3 Å². The number of nitrogens with one attached hydrogen (secondary N) is 1. The summed E-state index contributed by atoms with van der Waals surface area (Å²) in [7, 11) is 0. The van der Waals surface area contributed by atoms with E-state index in [9.17, 15) is 4.79 Å². The third-order valence-corrected chi connectivity index (χ3v) is 3.19. The Hall–Kier alpha value is -2.54. The first-order chi connectivity index (χ1) is 10.7. The van der Waals surface area contributed by atoms with Gasteiger partial charge in [0.05, 0.1) is 24.3 Å². The molecule has 3 rings (SSSR count). The van der Waals surface area contributed by atoms with Crippen LogP contribution in [-0.4, -0.2) is 32.0 Å². The molecule has 7 nitrogen and oxygen atoms in total. The van der Waals surface area contributed by atoms with Crippen molar-refractivity contribution in [3.05, 3.63) is 59.5 Å². The van der Waals surface area contributed by atoms with Crippen molar-refractivity contribution in [2.75, 3.05) is 6.54 Å². The third-order valence-electron chi connectivity index (χ3n) is 2.99. The molecule has 114 valence electrons. The summed E-state index contributed by atoms with van der Waals surface area (Å²) in [6.45, 7) is 1.47. The average Bonchev–Trinajstić information content (AvgIpc) is 3.22. The Bertz CT molecular complexity index is 747. The second-order valence-corrected chi connectivity index (χ2v) is 5.08. The topological polar surface area (TPSA) is 77.9 Å². The Labute approximate surface area is 131 Å². The van der Waals surface area contributed by atoms with E-state index in [1.807, 2.05) is 12.3 Å². The van der Waals surface area contributed by atoms with E-state index < -0.39 is 0 Å². The van der Waals surface area contributed by atoms with E-state index in [1.54, 1.807) is 40.1 Å². The molecule has 3 aromatic rings. The Morgan fingerprint density at radius 2 is 2.23 bits per heavy atom. The van der Waals surface area contributed by atoms with Crippen molar-refractivity contribution in [1.29, 1.82) is 0 Å². The summed E-state index contributed by atoms with van der Waals surface area (Å²) in [5.41, 5.74) is 0. The fraction of sp³-hybridized carbons (Fsp3) is 0.214. The standard InChI is InChI=1S/C14H14ClN5O2/c15-11-8-18-20(9-11)7-5-16-14(21)13-3-2-12(22-13)10-19-6-1-4-17-19/h1-4,6,8-9H,5,7,10H2,(H,16,21). The number of nitrogens with zero attached hydrogens (tertiary/aromatic N) is 4. The lowest BCUT2D eigenvalue weighted by Crippen LogP contribution is -2.27. The molecule has 1 N–H and O–H groups in total. The summed E-state index contributed by atoms with van der Waals surface area (Å²) < 4.78 is 8.89. The minimum Gasteiger partial charge on any atom is -0.454 e. The summed E-state index contributed by atoms with van der Waals surface area (Å²) in [6.07, 6.45) is 6.77. The van der Waals surface area contributed by atoms with Gasteiger partial charge >= 0.3 is 0 Å². The predicted octanol–water partition coefficient (Wildman–Crippen LogP) is 1.80. The largest absolute Gasteiger partial charge is 0.454 e. The van der Waals surface area contributed by atoms with E-state index >= 15 is 0 Å². The minimum absolute atomic E-state index is 0.259. The molecule has 0 aliphatic rings. The van der Waals surface area contributed by atoms with Gasteiger partial charge in [-0.1, -0.05) is 11.6 Å². The van der Waals surface area contributed by atoms with Crippen molar-refractivity contribution in [2.45, 2.75) is 13.1 Å². The summed E-state index contributed by atoms with van der Waals surface area (Å²) >= 11 is 5.77. The van der Waals surface area contributed by atoms with E-state index in [0.29, 0.717) is 30.4 Å². The maximum Gasteiger partial charge on any atom is 0.287 e. The van der Waals surface area contributed by atoms with E-state index in [0.717, 1.165) is 0 Å². The van der Waals surface area contributed by atoms with E-state index in [1.165, 1.54) is 0 Å². The van der Waals surface area contributed by atoms with Gasteiger partial charge < -0.3 is 9.73 Å². The molecule has 0 saturated heterocycles. The zero-order valence-corrected chi connectivity index (χ0v) is 12.4. The molecule has 0 saturated carbocycles. The number of hydrogen-bond donors (Lipinski definition) is 1. The maximum absolute atomic E-state index is 12.0. The second kappa shape index (κ2) is 6.48. The van der Waals surface area contributed by atoms with Crippen LogP contribution in [0.5, 0.6) is 0 Å². The van der Waals surface area contributed by atoms with E-state index in [4.69, 9.17) is 16.0 Å². The van der Waals surface area contributed by atoms with Crippen molar-refractivity contribution in [1.82, 2.24) is 24.9 Å². The van der Waals surface area contributed by atoms with Gasteiger partial charge in [0, 0.05) is 25.1 Å². The summed E-state index contributed by atoms with van der Waals surface area (Å²) in [6, 6.07) is 5.25. The van der Waals surface area contributed by atoms with Crippen molar-refractivity contribution < 1.29 is 9.21 Å². The molecule has 0 aliphatic heterocycles. The van der Waals surface area contributed by atoms with Crippen LogP contribution in [0, 0.1) is 0 Å². The Kier molecular flexibility index (Phi) is 4.24. The van der Waals surface area contributed by atoms with Gasteiger partial charge in [-0.3, -0.25) is 14.2 Å². The predicted molar refractivity (Wildman–Crippen MR) is 79.6 cm³/mol. The van der Waals surface area contributed by atoms with Crippen molar-refractivity contribution in [3.63, 3.8) is 0 Å². The van der Waals surface area contributed by atoms with Crippen molar-refractivity contribution in [3.8, 4) is 0 Å². The van der Waals surface area contributed by atoms with Crippen LogP contribution in [0.3, 0.4) is 0 Å². The number of amides is 1. The molecule has 0 unspecified atom stereocenters. The molecule has 3 aromatic heterocycles. The van der Waals surface area contributed by atoms with Crippen LogP contribution in [0.25, 0.3) is 0 Å². The quantitative estimate of drug-likeness (QED) is 0.751. The molecular weight excluding hydrogens is 306 g/mol. The summed E-state index contributed by atoms with van der Waals surface area (Å²) in [4.78, 5) is 12.0. The van der Waals surface area contributed by atoms with Gasteiger partial charge in [0.1, 0.15) is 5.76 Å². The zero-order valence-electron chi connectivity index (χ0n) is 11.6. The fourth-order valence-electron chi connectivity index (χ4n) is 1.97. The van der Waals surface area contributed by atoms with Crippen LogP contribution in [-0.2, 0) is 13.1 Å². The maximum atomic E-state index is 12.0. The molecule has 0 fully saturated rings. The molecule has 0 radical (unpaired) electrons. The van der Waals surface area contributed by atoms with Gasteiger partial charge in [0.2, 0.25) is 0 Å². The summed E-state index contributed by atoms with van der Waals surface area (Å²) in [5, 5.41) is 11.5. The summed E-state index contributed by atoms with van der Waals surface area (Å²) in [5.74, 6) is 0.693. The SMILES string of the molecule is O=C(NCCn1cc(Cl)cn1)c1ccc(Cn2cccn2)o1. The minimum atomic E-state index is -0.259. The monoisotopic (exact) mass is 319 g/mol. The van der Waals surface area contributed by atoms with E-state index in [-0.39, 0.29) is 11.7 Å². The lowest BCUT2D eigenvalue weighted by atomic mass is 10.4. The molecule has 22 heavy (non-hydrogen) atoms. The first-order valence-electron chi connectivity index (χ1n) is 6.73. The molecule has 1 amide bonds. The number of halogens is 1. The number of hydrogen-bond acceptors (Lipinski definition) is 4. The fourth-order valence-corrected chi connectivity index (χ4v) is 2.13. The molecular formula is C14H14ClN5O2. The van der Waals surface area contributed by atoms with Gasteiger partial charge in [0.25, 0.3) is 5.91 Å². The van der Waals surface area contributed by atoms with Gasteiger partial charge in [-0.05, 0) is 18.2 Å². The second-order valence-electron chi connectivity index (χ2n) is 4.65. The first-order valence-corrected chi connectivity index (χ1v) is 7.11. The van der Waals surface area contributed by atoms with Crippen molar-refractivity contribution >= 4 is 17.5 Å². The van der Waals surface area contributed by atoms with E-state index in [2.05, 4.69) is 15.5 Å². The number of aromatic nitrogens is 4. The van der Waals surface area contributed by atoms with Crippen LogP contribution >= 0.6 is 11.6 Å². The number of carbonyl (C=O) groups excluding carboxylic acids is 1. The smallest absolute Gasteiger partial charge is 0.287 e. The molecule has 3 heterocycles. The Balaban J connectivity index is 1.50. The highest BCUT2D eigenvalue weighted by molar-refractivity contribution is 6.30. The zero-order chi connectivity index (χ0) is 15.4. The van der Waals surface area contributed by atoms with Crippen LogP contribution in [0.4, 0.5) is 0 Å². The third kappa shape index (κ3) is 3.56. The van der Waals surface area contributed by atoms with Crippen molar-refractivity contribution in [2.24, 2.45) is 0 Å². The van der Waals surface area contributed by atoms with Gasteiger partial charge in [-0.15, -0.1) is 0 Å². The number of furan rings is 1. The van der Waals surface area contributed by atoms with Gasteiger partial charge in [0.15, 0.2) is 5.76 Å². The first kappa shape index (κ1) is 14.4. The van der Waals surface area contributed by atoms with Gasteiger partial charge in [-0.2, -0.15) is 10.2 Å². The highest BCUT2D eigenvalue weighted by Gasteiger charge is 2.11. The van der Waals surface area contributed by atoms with Crippen LogP contribution in [0.15, 0.2) is 47.4 Å². The normalized spacial score (nSPS) is 10.8. The Morgan fingerprint density at radius 3 is 2.95 bits per heavy atom. The highest BCUT2D eigenvalue weighted by atomic mass is 35.5. The molecule has 0 spiro atoms. The number of rotatable bonds is 6. The molecule has 0 atom stereocenters. The lowest BCUT2D eigenvalue weighted by molar-refractivity contribution is 0.0922. The average molecular weight is 320 g/mol. The van der Waals surface area contributed by atoms with Gasteiger partial charge in [-0.25, -0.2) is 0 Å². The molecule has 0 aliphatic carbocycles. The van der Waals surface area contributed by atoms with Crippen LogP contribution < -0.4 is 5.32 Å². The molecule has 0 aromatic carbocycles. The molecule has 8 heteroatoms. The highest BCUT2D eigenvalue weighted by Crippen LogP contribution is 2.09. The Morgan fingerprint density at radius 1 is 1.32 bits per heavy atom. The number of carbonyl (C=O) groups is 1. The molecule has 0 bridgehead atoms. The van der Waals surface area contributed by atoms with Crippen LogP contribution in [0.2, 0.25) is 5.02 Å².